The zero-order chi connectivity index (χ0) is 14.4. The van der Waals surface area contributed by atoms with E-state index in [1.54, 1.807) is 0 Å². The SMILES string of the molecule is CCN1CCC(CNC(=O)c2csc(CCN)n2)CC1. The molecule has 1 aromatic rings. The Bertz CT molecular complexity index is 427. The average molecular weight is 296 g/mol. The minimum Gasteiger partial charge on any atom is -0.350 e. The van der Waals surface area contributed by atoms with E-state index in [4.69, 9.17) is 5.73 Å². The van der Waals surface area contributed by atoms with Crippen LogP contribution in [0.3, 0.4) is 0 Å². The maximum absolute atomic E-state index is 12.0. The van der Waals surface area contributed by atoms with Crippen LogP contribution in [-0.4, -0.2) is 48.5 Å². The first-order chi connectivity index (χ1) is 9.72. The second-order valence-electron chi connectivity index (χ2n) is 5.25. The van der Waals surface area contributed by atoms with E-state index in [1.807, 2.05) is 5.38 Å². The molecule has 0 bridgehead atoms. The average Bonchev–Trinajstić information content (AvgIpc) is 2.94. The van der Waals surface area contributed by atoms with Crippen molar-refractivity contribution in [3.05, 3.63) is 16.1 Å². The van der Waals surface area contributed by atoms with Crippen molar-refractivity contribution >= 4 is 17.2 Å². The van der Waals surface area contributed by atoms with Crippen molar-refractivity contribution in [3.63, 3.8) is 0 Å². The third-order valence-electron chi connectivity index (χ3n) is 3.85. The van der Waals surface area contributed by atoms with Gasteiger partial charge >= 0.3 is 0 Å². The Kier molecular flexibility index (Phi) is 5.94. The van der Waals surface area contributed by atoms with Crippen LogP contribution in [0.5, 0.6) is 0 Å². The van der Waals surface area contributed by atoms with Gasteiger partial charge in [0.05, 0.1) is 5.01 Å². The molecule has 0 radical (unpaired) electrons. The second-order valence-corrected chi connectivity index (χ2v) is 6.20. The van der Waals surface area contributed by atoms with Gasteiger partial charge in [-0.1, -0.05) is 6.92 Å². The Labute approximate surface area is 124 Å². The quantitative estimate of drug-likeness (QED) is 0.825. The van der Waals surface area contributed by atoms with Crippen molar-refractivity contribution in [1.82, 2.24) is 15.2 Å². The summed E-state index contributed by atoms with van der Waals surface area (Å²) in [5.74, 6) is 0.548. The monoisotopic (exact) mass is 296 g/mol. The highest BCUT2D eigenvalue weighted by atomic mass is 32.1. The lowest BCUT2D eigenvalue weighted by atomic mass is 9.97. The summed E-state index contributed by atoms with van der Waals surface area (Å²) in [6, 6.07) is 0. The van der Waals surface area contributed by atoms with Crippen molar-refractivity contribution in [2.75, 3.05) is 32.7 Å². The van der Waals surface area contributed by atoms with Gasteiger partial charge < -0.3 is 16.0 Å². The molecule has 5 nitrogen and oxygen atoms in total. The fourth-order valence-corrected chi connectivity index (χ4v) is 3.28. The van der Waals surface area contributed by atoms with E-state index in [0.29, 0.717) is 18.2 Å². The van der Waals surface area contributed by atoms with Gasteiger partial charge in [-0.3, -0.25) is 4.79 Å². The number of nitrogens with one attached hydrogen (secondary N) is 1. The van der Waals surface area contributed by atoms with E-state index < -0.39 is 0 Å². The molecule has 1 saturated heterocycles. The van der Waals surface area contributed by atoms with Crippen LogP contribution in [0.1, 0.15) is 35.3 Å². The van der Waals surface area contributed by atoms with Gasteiger partial charge in [-0.05, 0) is 44.9 Å². The first-order valence-corrected chi connectivity index (χ1v) is 8.26. The van der Waals surface area contributed by atoms with Crippen LogP contribution < -0.4 is 11.1 Å². The topological polar surface area (TPSA) is 71.2 Å². The molecule has 0 aliphatic carbocycles. The third-order valence-corrected chi connectivity index (χ3v) is 4.76. The van der Waals surface area contributed by atoms with E-state index in [0.717, 1.165) is 37.6 Å². The molecule has 1 fully saturated rings. The molecular formula is C14H24N4OS. The lowest BCUT2D eigenvalue weighted by Crippen LogP contribution is -2.38. The fraction of sp³-hybridized carbons (Fsp3) is 0.714. The normalized spacial score (nSPS) is 17.3. The summed E-state index contributed by atoms with van der Waals surface area (Å²) in [7, 11) is 0. The van der Waals surface area contributed by atoms with Gasteiger partial charge in [-0.15, -0.1) is 11.3 Å². The van der Waals surface area contributed by atoms with E-state index in [1.165, 1.54) is 24.2 Å². The Hall–Kier alpha value is -0.980. The number of aromatic nitrogens is 1. The summed E-state index contributed by atoms with van der Waals surface area (Å²) in [6.45, 7) is 6.96. The lowest BCUT2D eigenvalue weighted by Gasteiger charge is -2.30. The van der Waals surface area contributed by atoms with Gasteiger partial charge in [0.25, 0.3) is 5.91 Å². The predicted octanol–water partition coefficient (Wildman–Crippen LogP) is 1.11. The van der Waals surface area contributed by atoms with E-state index in [-0.39, 0.29) is 5.91 Å². The molecule has 3 N–H and O–H groups in total. The highest BCUT2D eigenvalue weighted by molar-refractivity contribution is 7.09. The summed E-state index contributed by atoms with van der Waals surface area (Å²) >= 11 is 1.51. The Morgan fingerprint density at radius 3 is 2.95 bits per heavy atom. The van der Waals surface area contributed by atoms with Crippen molar-refractivity contribution in [2.45, 2.75) is 26.2 Å². The van der Waals surface area contributed by atoms with Gasteiger partial charge in [-0.25, -0.2) is 4.98 Å². The Balaban J connectivity index is 1.74. The molecule has 0 saturated carbocycles. The number of carbonyl (C=O) groups is 1. The molecule has 2 heterocycles. The van der Waals surface area contributed by atoms with Crippen LogP contribution in [-0.2, 0) is 6.42 Å². The highest BCUT2D eigenvalue weighted by Gasteiger charge is 2.19. The Morgan fingerprint density at radius 1 is 1.55 bits per heavy atom. The summed E-state index contributed by atoms with van der Waals surface area (Å²) in [5, 5.41) is 5.77. The highest BCUT2D eigenvalue weighted by Crippen LogP contribution is 2.16. The molecule has 6 heteroatoms. The third kappa shape index (κ3) is 4.26. The minimum atomic E-state index is -0.0533. The van der Waals surface area contributed by atoms with Gasteiger partial charge in [-0.2, -0.15) is 0 Å². The van der Waals surface area contributed by atoms with Crippen LogP contribution in [0.25, 0.3) is 0 Å². The first kappa shape index (κ1) is 15.4. The zero-order valence-electron chi connectivity index (χ0n) is 12.1. The van der Waals surface area contributed by atoms with Crippen LogP contribution in [0.15, 0.2) is 5.38 Å². The number of carbonyl (C=O) groups excluding carboxylic acids is 1. The molecule has 0 atom stereocenters. The molecule has 112 valence electrons. The molecular weight excluding hydrogens is 272 g/mol. The number of amides is 1. The summed E-state index contributed by atoms with van der Waals surface area (Å²) in [4.78, 5) is 18.8. The van der Waals surface area contributed by atoms with Crippen molar-refractivity contribution in [2.24, 2.45) is 11.7 Å². The van der Waals surface area contributed by atoms with Gasteiger partial charge in [0, 0.05) is 18.3 Å². The molecule has 0 spiro atoms. The van der Waals surface area contributed by atoms with Gasteiger partial charge in [0.2, 0.25) is 0 Å². The van der Waals surface area contributed by atoms with Crippen molar-refractivity contribution in [3.8, 4) is 0 Å². The second kappa shape index (κ2) is 7.71. The Morgan fingerprint density at radius 2 is 2.30 bits per heavy atom. The summed E-state index contributed by atoms with van der Waals surface area (Å²) in [5.41, 5.74) is 6.02. The van der Waals surface area contributed by atoms with Crippen LogP contribution >= 0.6 is 11.3 Å². The lowest BCUT2D eigenvalue weighted by molar-refractivity contribution is 0.0932. The molecule has 1 aromatic heterocycles. The maximum Gasteiger partial charge on any atom is 0.270 e. The number of piperidine rings is 1. The smallest absolute Gasteiger partial charge is 0.270 e. The zero-order valence-corrected chi connectivity index (χ0v) is 12.9. The molecule has 1 aliphatic heterocycles. The van der Waals surface area contributed by atoms with Gasteiger partial charge in [0.1, 0.15) is 5.69 Å². The maximum atomic E-state index is 12.0. The van der Waals surface area contributed by atoms with Crippen LogP contribution in [0.4, 0.5) is 0 Å². The minimum absolute atomic E-state index is 0.0533. The molecule has 0 unspecified atom stereocenters. The number of thiazole rings is 1. The van der Waals surface area contributed by atoms with Crippen molar-refractivity contribution < 1.29 is 4.79 Å². The molecule has 1 amide bonds. The first-order valence-electron chi connectivity index (χ1n) is 7.38. The number of hydrogen-bond donors (Lipinski definition) is 2. The summed E-state index contributed by atoms with van der Waals surface area (Å²) in [6.07, 6.45) is 3.08. The summed E-state index contributed by atoms with van der Waals surface area (Å²) < 4.78 is 0. The van der Waals surface area contributed by atoms with E-state index >= 15 is 0 Å². The predicted molar refractivity (Wildman–Crippen MR) is 82.0 cm³/mol. The van der Waals surface area contributed by atoms with Crippen LogP contribution in [0, 0.1) is 5.92 Å². The van der Waals surface area contributed by atoms with E-state index in [9.17, 15) is 4.79 Å². The van der Waals surface area contributed by atoms with Crippen LogP contribution in [0.2, 0.25) is 0 Å². The number of likely N-dealkylation sites (tertiary alicyclic amines) is 1. The number of nitrogens with two attached hydrogens (primary N) is 1. The molecule has 1 aliphatic rings. The van der Waals surface area contributed by atoms with E-state index in [2.05, 4.69) is 22.1 Å². The molecule has 20 heavy (non-hydrogen) atoms. The number of nitrogens with zero attached hydrogens (tertiary/aromatic N) is 2. The molecule has 0 aromatic carbocycles. The van der Waals surface area contributed by atoms with Gasteiger partial charge in [0.15, 0.2) is 0 Å². The van der Waals surface area contributed by atoms with Crippen molar-refractivity contribution in [1.29, 1.82) is 0 Å². The molecule has 2 rings (SSSR count). The standard InChI is InChI=1S/C14H24N4OS/c1-2-18-7-4-11(5-8-18)9-16-14(19)12-10-20-13(17-12)3-6-15/h10-11H,2-9,15H2,1H3,(H,16,19). The fourth-order valence-electron chi connectivity index (χ4n) is 2.49. The number of hydrogen-bond acceptors (Lipinski definition) is 5. The number of rotatable bonds is 6. The largest absolute Gasteiger partial charge is 0.350 e.